The number of ether oxygens (including phenoxy) is 1. The molecule has 0 heterocycles. The number of halogens is 2. The molecule has 20 heavy (non-hydrogen) atoms. The molecule has 106 valence electrons. The maximum atomic E-state index is 6.18. The quantitative estimate of drug-likeness (QED) is 0.646. The van der Waals surface area contributed by atoms with Crippen LogP contribution < -0.4 is 4.74 Å². The molecule has 0 aliphatic carbocycles. The van der Waals surface area contributed by atoms with E-state index in [9.17, 15) is 0 Å². The van der Waals surface area contributed by atoms with Crippen LogP contribution >= 0.6 is 27.5 Å². The summed E-state index contributed by atoms with van der Waals surface area (Å²) in [6, 6.07) is 12.5. The van der Waals surface area contributed by atoms with Crippen LogP contribution in [-0.4, -0.2) is 7.11 Å². The van der Waals surface area contributed by atoms with Crippen molar-refractivity contribution in [3.63, 3.8) is 0 Å². The van der Waals surface area contributed by atoms with Gasteiger partial charge in [-0.1, -0.05) is 51.8 Å². The molecule has 0 aliphatic rings. The van der Waals surface area contributed by atoms with Gasteiger partial charge in [0.2, 0.25) is 0 Å². The van der Waals surface area contributed by atoms with E-state index in [2.05, 4.69) is 48.0 Å². The molecule has 0 fully saturated rings. The highest BCUT2D eigenvalue weighted by atomic mass is 79.9. The van der Waals surface area contributed by atoms with Crippen molar-refractivity contribution in [1.82, 2.24) is 0 Å². The van der Waals surface area contributed by atoms with E-state index in [-0.39, 0.29) is 4.83 Å². The molecule has 1 unspecified atom stereocenters. The van der Waals surface area contributed by atoms with Crippen LogP contribution in [-0.2, 0) is 6.42 Å². The third-order valence-corrected chi connectivity index (χ3v) is 4.67. The van der Waals surface area contributed by atoms with Crippen LogP contribution in [0.4, 0.5) is 0 Å². The van der Waals surface area contributed by atoms with Crippen LogP contribution in [0.2, 0.25) is 5.02 Å². The van der Waals surface area contributed by atoms with Gasteiger partial charge in [-0.25, -0.2) is 0 Å². The Kier molecular flexibility index (Phi) is 5.11. The first-order valence-electron chi connectivity index (χ1n) is 6.55. The second-order valence-electron chi connectivity index (χ2n) is 4.98. The van der Waals surface area contributed by atoms with Crippen LogP contribution in [0.25, 0.3) is 0 Å². The predicted octanol–water partition coefficient (Wildman–Crippen LogP) is 5.64. The van der Waals surface area contributed by atoms with Gasteiger partial charge in [0, 0.05) is 4.83 Å². The Bertz CT molecular complexity index is 610. The Morgan fingerprint density at radius 3 is 2.45 bits per heavy atom. The summed E-state index contributed by atoms with van der Waals surface area (Å²) in [4.78, 5) is 0.244. The van der Waals surface area contributed by atoms with Gasteiger partial charge in [0.05, 0.1) is 12.1 Å². The molecule has 0 N–H and O–H groups in total. The average Bonchev–Trinajstić information content (AvgIpc) is 2.42. The maximum Gasteiger partial charge on any atom is 0.137 e. The molecule has 2 aromatic carbocycles. The number of hydrogen-bond acceptors (Lipinski definition) is 1. The highest BCUT2D eigenvalue weighted by Gasteiger charge is 2.11. The highest BCUT2D eigenvalue weighted by Crippen LogP contribution is 2.33. The fourth-order valence-corrected chi connectivity index (χ4v) is 3.06. The monoisotopic (exact) mass is 352 g/mol. The molecule has 1 atom stereocenters. The zero-order valence-electron chi connectivity index (χ0n) is 11.9. The highest BCUT2D eigenvalue weighted by molar-refractivity contribution is 9.09. The first-order valence-corrected chi connectivity index (χ1v) is 7.84. The number of rotatable bonds is 4. The second kappa shape index (κ2) is 6.64. The molecule has 0 aromatic heterocycles. The van der Waals surface area contributed by atoms with Gasteiger partial charge in [-0.2, -0.15) is 0 Å². The van der Waals surface area contributed by atoms with Crippen LogP contribution in [0.1, 0.15) is 27.1 Å². The standard InChI is InChI=1S/C17H18BrClO/c1-11-4-5-13(8-12(11)2)9-15(18)14-6-7-17(20-3)16(19)10-14/h4-8,10,15H,9H2,1-3H3. The Hall–Kier alpha value is -0.990. The number of alkyl halides is 1. The lowest BCUT2D eigenvalue weighted by atomic mass is 10.0. The molecule has 2 rings (SSSR count). The Balaban J connectivity index is 2.17. The predicted molar refractivity (Wildman–Crippen MR) is 89.3 cm³/mol. The van der Waals surface area contributed by atoms with Crippen molar-refractivity contribution < 1.29 is 4.74 Å². The van der Waals surface area contributed by atoms with Gasteiger partial charge < -0.3 is 4.74 Å². The topological polar surface area (TPSA) is 9.23 Å². The molecule has 1 nitrogen and oxygen atoms in total. The molecule has 0 saturated carbocycles. The second-order valence-corrected chi connectivity index (χ2v) is 6.50. The minimum absolute atomic E-state index is 0.244. The van der Waals surface area contributed by atoms with Crippen molar-refractivity contribution in [3.8, 4) is 5.75 Å². The smallest absolute Gasteiger partial charge is 0.137 e. The van der Waals surface area contributed by atoms with E-state index in [1.807, 2.05) is 18.2 Å². The molecule has 0 bridgehead atoms. The summed E-state index contributed by atoms with van der Waals surface area (Å²) < 4.78 is 5.18. The van der Waals surface area contributed by atoms with E-state index in [0.29, 0.717) is 10.8 Å². The lowest BCUT2D eigenvalue weighted by Gasteiger charge is -2.13. The summed E-state index contributed by atoms with van der Waals surface area (Å²) in [6.07, 6.45) is 0.934. The third-order valence-electron chi connectivity index (χ3n) is 3.52. The van der Waals surface area contributed by atoms with E-state index in [0.717, 1.165) is 12.0 Å². The van der Waals surface area contributed by atoms with Crippen LogP contribution in [0, 0.1) is 13.8 Å². The fraction of sp³-hybridized carbons (Fsp3) is 0.294. The van der Waals surface area contributed by atoms with Crippen molar-refractivity contribution in [2.24, 2.45) is 0 Å². The molecule has 0 saturated heterocycles. The molecule has 3 heteroatoms. The number of aryl methyl sites for hydroxylation is 2. The van der Waals surface area contributed by atoms with Crippen molar-refractivity contribution in [2.75, 3.05) is 7.11 Å². The molecule has 0 spiro atoms. The summed E-state index contributed by atoms with van der Waals surface area (Å²) in [5.41, 5.74) is 5.14. The number of benzene rings is 2. The lowest BCUT2D eigenvalue weighted by Crippen LogP contribution is -1.97. The van der Waals surface area contributed by atoms with Crippen LogP contribution in [0.5, 0.6) is 5.75 Å². The van der Waals surface area contributed by atoms with E-state index < -0.39 is 0 Å². The Labute approximate surface area is 134 Å². The van der Waals surface area contributed by atoms with E-state index >= 15 is 0 Å². The van der Waals surface area contributed by atoms with Crippen molar-refractivity contribution >= 4 is 27.5 Å². The first kappa shape index (κ1) is 15.4. The van der Waals surface area contributed by atoms with Gasteiger partial charge in [0.25, 0.3) is 0 Å². The molecule has 0 aliphatic heterocycles. The van der Waals surface area contributed by atoms with Gasteiger partial charge in [-0.15, -0.1) is 0 Å². The number of methoxy groups -OCH3 is 1. The molecule has 2 aromatic rings. The van der Waals surface area contributed by atoms with Crippen LogP contribution in [0.3, 0.4) is 0 Å². The Morgan fingerprint density at radius 1 is 1.10 bits per heavy atom. The summed E-state index contributed by atoms with van der Waals surface area (Å²) >= 11 is 9.92. The molecular weight excluding hydrogens is 336 g/mol. The molecule has 0 amide bonds. The SMILES string of the molecule is COc1ccc(C(Br)Cc2ccc(C)c(C)c2)cc1Cl. The lowest BCUT2D eigenvalue weighted by molar-refractivity contribution is 0.415. The maximum absolute atomic E-state index is 6.18. The average molecular weight is 354 g/mol. The molecular formula is C17H18BrClO. The minimum atomic E-state index is 0.244. The normalized spacial score (nSPS) is 12.2. The van der Waals surface area contributed by atoms with Gasteiger partial charge in [-0.3, -0.25) is 0 Å². The van der Waals surface area contributed by atoms with Gasteiger partial charge >= 0.3 is 0 Å². The first-order chi connectivity index (χ1) is 9.51. The van der Waals surface area contributed by atoms with Crippen molar-refractivity contribution in [3.05, 3.63) is 63.7 Å². The summed E-state index contributed by atoms with van der Waals surface area (Å²) in [5, 5.41) is 0.648. The minimum Gasteiger partial charge on any atom is -0.495 e. The fourth-order valence-electron chi connectivity index (χ4n) is 2.13. The van der Waals surface area contributed by atoms with E-state index in [4.69, 9.17) is 16.3 Å². The number of hydrogen-bond donors (Lipinski definition) is 0. The van der Waals surface area contributed by atoms with E-state index in [1.165, 1.54) is 16.7 Å². The largest absolute Gasteiger partial charge is 0.495 e. The summed E-state index contributed by atoms with van der Waals surface area (Å²) in [7, 11) is 1.63. The zero-order chi connectivity index (χ0) is 14.7. The molecule has 0 radical (unpaired) electrons. The Morgan fingerprint density at radius 2 is 1.85 bits per heavy atom. The van der Waals surface area contributed by atoms with Crippen molar-refractivity contribution in [1.29, 1.82) is 0 Å². The van der Waals surface area contributed by atoms with Gasteiger partial charge in [0.15, 0.2) is 0 Å². The van der Waals surface area contributed by atoms with Gasteiger partial charge in [0.1, 0.15) is 5.75 Å². The van der Waals surface area contributed by atoms with E-state index in [1.54, 1.807) is 7.11 Å². The van der Waals surface area contributed by atoms with Crippen molar-refractivity contribution in [2.45, 2.75) is 25.1 Å². The summed E-state index contributed by atoms with van der Waals surface area (Å²) in [6.45, 7) is 4.28. The summed E-state index contributed by atoms with van der Waals surface area (Å²) in [5.74, 6) is 0.710. The van der Waals surface area contributed by atoms with Gasteiger partial charge in [-0.05, 0) is 54.7 Å². The zero-order valence-corrected chi connectivity index (χ0v) is 14.3. The van der Waals surface area contributed by atoms with Crippen LogP contribution in [0.15, 0.2) is 36.4 Å². The third kappa shape index (κ3) is 3.56.